The normalized spacial score (nSPS) is 17.5. The van der Waals surface area contributed by atoms with Crippen molar-refractivity contribution in [2.75, 3.05) is 32.8 Å². The van der Waals surface area contributed by atoms with Crippen molar-refractivity contribution in [2.45, 2.75) is 32.4 Å². The maximum atomic E-state index is 14.6. The third-order valence-electron chi connectivity index (χ3n) is 4.43. The Bertz CT molecular complexity index is 525. The molecule has 0 atom stereocenters. The summed E-state index contributed by atoms with van der Waals surface area (Å²) in [5.41, 5.74) is 1.64. The third kappa shape index (κ3) is 4.05. The van der Waals surface area contributed by atoms with Gasteiger partial charge in [-0.3, -0.25) is 4.79 Å². The summed E-state index contributed by atoms with van der Waals surface area (Å²) in [6.45, 7) is 5.51. The second-order valence-electron chi connectivity index (χ2n) is 6.14. The average Bonchev–Trinajstić information content (AvgIpc) is 2.50. The minimum absolute atomic E-state index is 0.00741. The van der Waals surface area contributed by atoms with Gasteiger partial charge < -0.3 is 15.3 Å². The average molecular weight is 308 g/mol. The Balaban J connectivity index is 1.93. The zero-order valence-corrected chi connectivity index (χ0v) is 13.4. The van der Waals surface area contributed by atoms with Crippen LogP contribution in [0.3, 0.4) is 0 Å². The largest absolute Gasteiger partial charge is 0.395 e. The minimum Gasteiger partial charge on any atom is -0.395 e. The Morgan fingerprint density at radius 3 is 2.59 bits per heavy atom. The summed E-state index contributed by atoms with van der Waals surface area (Å²) >= 11 is 0. The molecule has 4 nitrogen and oxygen atoms in total. The van der Waals surface area contributed by atoms with Crippen molar-refractivity contribution in [3.05, 3.63) is 34.9 Å². The van der Waals surface area contributed by atoms with Gasteiger partial charge in [-0.15, -0.1) is 0 Å². The van der Waals surface area contributed by atoms with Crippen LogP contribution in [0.25, 0.3) is 0 Å². The fraction of sp³-hybridized carbons (Fsp3) is 0.588. The van der Waals surface area contributed by atoms with E-state index in [9.17, 15) is 9.18 Å². The van der Waals surface area contributed by atoms with Crippen molar-refractivity contribution in [1.82, 2.24) is 10.2 Å². The number of nitrogens with zero attached hydrogens (tertiary/aromatic N) is 1. The van der Waals surface area contributed by atoms with Crippen molar-refractivity contribution < 1.29 is 14.3 Å². The van der Waals surface area contributed by atoms with Gasteiger partial charge in [0.2, 0.25) is 0 Å². The van der Waals surface area contributed by atoms with Gasteiger partial charge in [0, 0.05) is 44.6 Å². The molecule has 0 unspecified atom stereocenters. The zero-order chi connectivity index (χ0) is 16.2. The number of halogens is 1. The maximum absolute atomic E-state index is 14.6. The minimum atomic E-state index is -1.28. The van der Waals surface area contributed by atoms with Gasteiger partial charge >= 0.3 is 0 Å². The Kier molecular flexibility index (Phi) is 5.53. The fourth-order valence-electron chi connectivity index (χ4n) is 2.74. The molecule has 1 saturated heterocycles. The van der Waals surface area contributed by atoms with Crippen LogP contribution in [0.1, 0.15) is 34.3 Å². The van der Waals surface area contributed by atoms with Crippen molar-refractivity contribution in [2.24, 2.45) is 0 Å². The van der Waals surface area contributed by atoms with E-state index in [1.54, 1.807) is 4.90 Å². The number of piperidine rings is 1. The molecule has 1 aromatic rings. The predicted octanol–water partition coefficient (Wildman–Crippen LogP) is 1.83. The number of hydrogen-bond donors (Lipinski definition) is 2. The topological polar surface area (TPSA) is 52.6 Å². The maximum Gasteiger partial charge on any atom is 0.253 e. The van der Waals surface area contributed by atoms with Crippen molar-refractivity contribution in [3.63, 3.8) is 0 Å². The summed E-state index contributed by atoms with van der Waals surface area (Å²) in [4.78, 5) is 14.2. The first-order valence-electron chi connectivity index (χ1n) is 7.82. The lowest BCUT2D eigenvalue weighted by atomic mass is 9.92. The lowest BCUT2D eigenvalue weighted by Gasteiger charge is -2.36. The van der Waals surface area contributed by atoms with Crippen molar-refractivity contribution >= 4 is 5.91 Å². The molecule has 1 aliphatic heterocycles. The van der Waals surface area contributed by atoms with Gasteiger partial charge in [0.05, 0.1) is 6.61 Å². The number of likely N-dealkylation sites (tertiary alicyclic amines) is 1. The number of carbonyl (C=O) groups excluding carboxylic acids is 1. The number of hydrogen-bond acceptors (Lipinski definition) is 3. The van der Waals surface area contributed by atoms with E-state index in [1.165, 1.54) is 0 Å². The molecule has 0 spiro atoms. The summed E-state index contributed by atoms with van der Waals surface area (Å²) < 4.78 is 14.6. The summed E-state index contributed by atoms with van der Waals surface area (Å²) in [6.07, 6.45) is 0.671. The number of benzene rings is 1. The van der Waals surface area contributed by atoms with Crippen molar-refractivity contribution in [3.8, 4) is 0 Å². The van der Waals surface area contributed by atoms with Crippen LogP contribution in [0.2, 0.25) is 0 Å². The first-order valence-corrected chi connectivity index (χ1v) is 7.82. The quantitative estimate of drug-likeness (QED) is 0.816. The molecule has 1 aliphatic rings. The molecule has 0 aromatic heterocycles. The van der Waals surface area contributed by atoms with Crippen LogP contribution in [0.5, 0.6) is 0 Å². The molecule has 0 aliphatic carbocycles. The number of amides is 1. The number of nitrogens with one attached hydrogen (secondary N) is 1. The molecule has 1 aromatic carbocycles. The molecule has 1 fully saturated rings. The molecule has 0 radical (unpaired) electrons. The molecule has 2 rings (SSSR count). The van der Waals surface area contributed by atoms with Crippen LogP contribution < -0.4 is 5.32 Å². The van der Waals surface area contributed by atoms with E-state index < -0.39 is 5.67 Å². The lowest BCUT2D eigenvalue weighted by molar-refractivity contribution is 0.0432. The van der Waals surface area contributed by atoms with E-state index in [0.717, 1.165) is 11.1 Å². The number of carbonyl (C=O) groups is 1. The van der Waals surface area contributed by atoms with Crippen LogP contribution in [0, 0.1) is 13.8 Å². The standard InChI is InChI=1S/C17H25FN2O2/c1-13-3-4-15(11-14(13)2)16(22)20-8-5-17(18,6-9-20)12-19-7-10-21/h3-4,11,19,21H,5-10,12H2,1-2H3. The molecule has 1 amide bonds. The van der Waals surface area contributed by atoms with Crippen LogP contribution in [-0.4, -0.2) is 54.4 Å². The second-order valence-corrected chi connectivity index (χ2v) is 6.14. The van der Waals surface area contributed by atoms with E-state index >= 15 is 0 Å². The summed E-state index contributed by atoms with van der Waals surface area (Å²) in [5.74, 6) is -0.0199. The summed E-state index contributed by atoms with van der Waals surface area (Å²) in [5, 5.41) is 11.6. The van der Waals surface area contributed by atoms with Gasteiger partial charge in [-0.25, -0.2) is 4.39 Å². The third-order valence-corrected chi connectivity index (χ3v) is 4.43. The second kappa shape index (κ2) is 7.20. The highest BCUT2D eigenvalue weighted by molar-refractivity contribution is 5.94. The number of alkyl halides is 1. The molecule has 122 valence electrons. The van der Waals surface area contributed by atoms with E-state index in [0.29, 0.717) is 38.0 Å². The van der Waals surface area contributed by atoms with Gasteiger partial charge in [-0.05, 0) is 37.1 Å². The number of aliphatic hydroxyl groups excluding tert-OH is 1. The van der Waals surface area contributed by atoms with Gasteiger partial charge in [0.25, 0.3) is 5.91 Å². The van der Waals surface area contributed by atoms with Gasteiger partial charge in [-0.1, -0.05) is 6.07 Å². The highest BCUT2D eigenvalue weighted by Gasteiger charge is 2.35. The fourth-order valence-corrected chi connectivity index (χ4v) is 2.74. The van der Waals surface area contributed by atoms with Crippen LogP contribution in [0.4, 0.5) is 4.39 Å². The Morgan fingerprint density at radius 1 is 1.32 bits per heavy atom. The van der Waals surface area contributed by atoms with Gasteiger partial charge in [0.15, 0.2) is 0 Å². The number of aryl methyl sites for hydroxylation is 2. The summed E-state index contributed by atoms with van der Waals surface area (Å²) in [7, 11) is 0. The lowest BCUT2D eigenvalue weighted by Crippen LogP contribution is -2.49. The molecule has 5 heteroatoms. The molecule has 2 N–H and O–H groups in total. The highest BCUT2D eigenvalue weighted by atomic mass is 19.1. The Labute approximate surface area is 131 Å². The number of aliphatic hydroxyl groups is 1. The molecular formula is C17H25FN2O2. The predicted molar refractivity (Wildman–Crippen MR) is 84.8 cm³/mol. The first-order chi connectivity index (χ1) is 10.4. The molecule has 0 bridgehead atoms. The Morgan fingerprint density at radius 2 is 2.00 bits per heavy atom. The monoisotopic (exact) mass is 308 g/mol. The smallest absolute Gasteiger partial charge is 0.253 e. The van der Waals surface area contributed by atoms with E-state index in [2.05, 4.69) is 5.32 Å². The number of rotatable bonds is 5. The zero-order valence-electron chi connectivity index (χ0n) is 13.4. The molecule has 0 saturated carbocycles. The molecule has 1 heterocycles. The first kappa shape index (κ1) is 16.9. The van der Waals surface area contributed by atoms with Crippen molar-refractivity contribution in [1.29, 1.82) is 0 Å². The van der Waals surface area contributed by atoms with E-state index in [1.807, 2.05) is 32.0 Å². The molecular weight excluding hydrogens is 283 g/mol. The summed E-state index contributed by atoms with van der Waals surface area (Å²) in [6, 6.07) is 5.69. The highest BCUT2D eigenvalue weighted by Crippen LogP contribution is 2.27. The van der Waals surface area contributed by atoms with Crippen LogP contribution in [-0.2, 0) is 0 Å². The van der Waals surface area contributed by atoms with E-state index in [4.69, 9.17) is 5.11 Å². The Hall–Kier alpha value is -1.46. The molecule has 22 heavy (non-hydrogen) atoms. The van der Waals surface area contributed by atoms with E-state index in [-0.39, 0.29) is 19.1 Å². The SMILES string of the molecule is Cc1ccc(C(=O)N2CCC(F)(CNCCO)CC2)cc1C. The van der Waals surface area contributed by atoms with Gasteiger partial charge in [-0.2, -0.15) is 0 Å². The van der Waals surface area contributed by atoms with Crippen LogP contribution in [0.15, 0.2) is 18.2 Å². The van der Waals surface area contributed by atoms with Crippen LogP contribution >= 0.6 is 0 Å². The van der Waals surface area contributed by atoms with Gasteiger partial charge in [0.1, 0.15) is 5.67 Å².